The van der Waals surface area contributed by atoms with Crippen LogP contribution in [0.25, 0.3) is 0 Å². The minimum Gasteiger partial charge on any atom is -0.366 e. The maximum atomic E-state index is 12.5. The second-order valence-corrected chi connectivity index (χ2v) is 5.12. The van der Waals surface area contributed by atoms with Gasteiger partial charge in [-0.1, -0.05) is 12.1 Å². The molecule has 0 saturated carbocycles. The summed E-state index contributed by atoms with van der Waals surface area (Å²) in [6, 6.07) is 6.62. The van der Waals surface area contributed by atoms with E-state index in [4.69, 9.17) is 5.73 Å². The SMILES string of the molecule is CC(C)NN(NC(C)C)C(=O)c1ccccc1C(N)=O. The van der Waals surface area contributed by atoms with Crippen LogP contribution in [0.3, 0.4) is 0 Å². The van der Waals surface area contributed by atoms with Crippen LogP contribution in [0.5, 0.6) is 0 Å². The first-order valence-corrected chi connectivity index (χ1v) is 6.58. The van der Waals surface area contributed by atoms with Gasteiger partial charge in [-0.25, -0.2) is 16.0 Å². The standard InChI is InChI=1S/C14H22N4O2/c1-9(2)16-18(17-10(3)4)14(20)12-8-6-5-7-11(12)13(15)19/h5-10,16-17H,1-4H3,(H2,15,19). The van der Waals surface area contributed by atoms with Gasteiger partial charge in [-0.15, -0.1) is 0 Å². The number of benzene rings is 1. The predicted molar refractivity (Wildman–Crippen MR) is 77.7 cm³/mol. The Morgan fingerprint density at radius 2 is 1.45 bits per heavy atom. The van der Waals surface area contributed by atoms with E-state index in [0.717, 1.165) is 0 Å². The van der Waals surface area contributed by atoms with Gasteiger partial charge in [0.05, 0.1) is 11.1 Å². The number of amides is 2. The van der Waals surface area contributed by atoms with Crippen LogP contribution in [0.2, 0.25) is 0 Å². The highest BCUT2D eigenvalue weighted by molar-refractivity contribution is 6.06. The van der Waals surface area contributed by atoms with Crippen molar-refractivity contribution in [1.82, 2.24) is 16.0 Å². The number of nitrogens with two attached hydrogens (primary N) is 1. The molecule has 6 heteroatoms. The Hall–Kier alpha value is -1.92. The molecule has 0 saturated heterocycles. The molecule has 0 radical (unpaired) electrons. The minimum absolute atomic E-state index is 0.0611. The Morgan fingerprint density at radius 3 is 1.85 bits per heavy atom. The molecule has 6 nitrogen and oxygen atoms in total. The number of rotatable bonds is 6. The molecule has 0 bridgehead atoms. The fraction of sp³-hybridized carbons (Fsp3) is 0.429. The molecule has 4 N–H and O–H groups in total. The van der Waals surface area contributed by atoms with Crippen LogP contribution in [-0.2, 0) is 0 Å². The number of hydrazine groups is 2. The predicted octanol–water partition coefficient (Wildman–Crippen LogP) is 1.05. The summed E-state index contributed by atoms with van der Waals surface area (Å²) >= 11 is 0. The number of nitrogens with zero attached hydrogens (tertiary/aromatic N) is 1. The monoisotopic (exact) mass is 278 g/mol. The summed E-state index contributed by atoms with van der Waals surface area (Å²) in [5, 5.41) is 1.30. The van der Waals surface area contributed by atoms with Crippen LogP contribution >= 0.6 is 0 Å². The average Bonchev–Trinajstić information content (AvgIpc) is 2.36. The van der Waals surface area contributed by atoms with Gasteiger partial charge >= 0.3 is 0 Å². The van der Waals surface area contributed by atoms with Gasteiger partial charge in [-0.05, 0) is 39.8 Å². The highest BCUT2D eigenvalue weighted by Gasteiger charge is 2.21. The summed E-state index contributed by atoms with van der Waals surface area (Å²) in [4.78, 5) is 23.9. The van der Waals surface area contributed by atoms with Crippen molar-refractivity contribution in [2.24, 2.45) is 5.73 Å². The molecule has 20 heavy (non-hydrogen) atoms. The largest absolute Gasteiger partial charge is 0.366 e. The molecule has 2 amide bonds. The fourth-order valence-electron chi connectivity index (χ4n) is 1.68. The Balaban J connectivity index is 3.08. The van der Waals surface area contributed by atoms with Crippen LogP contribution in [0.4, 0.5) is 0 Å². The second-order valence-electron chi connectivity index (χ2n) is 5.12. The lowest BCUT2D eigenvalue weighted by Gasteiger charge is -2.28. The summed E-state index contributed by atoms with van der Waals surface area (Å²) in [7, 11) is 0. The van der Waals surface area contributed by atoms with Crippen LogP contribution in [-0.4, -0.2) is 29.0 Å². The van der Waals surface area contributed by atoms with Crippen molar-refractivity contribution in [2.75, 3.05) is 0 Å². The zero-order valence-corrected chi connectivity index (χ0v) is 12.3. The van der Waals surface area contributed by atoms with Crippen molar-refractivity contribution in [3.8, 4) is 0 Å². The zero-order chi connectivity index (χ0) is 15.3. The van der Waals surface area contributed by atoms with Crippen molar-refractivity contribution < 1.29 is 9.59 Å². The van der Waals surface area contributed by atoms with Gasteiger partial charge in [-0.3, -0.25) is 9.59 Å². The van der Waals surface area contributed by atoms with E-state index in [1.807, 2.05) is 27.7 Å². The van der Waals surface area contributed by atoms with E-state index in [1.54, 1.807) is 24.3 Å². The maximum Gasteiger partial charge on any atom is 0.283 e. The van der Waals surface area contributed by atoms with Gasteiger partial charge in [0.2, 0.25) is 5.91 Å². The molecule has 0 spiro atoms. The Kier molecular flexibility index (Phi) is 5.66. The number of hydrogen-bond donors (Lipinski definition) is 3. The molecule has 0 unspecified atom stereocenters. The molecule has 0 aliphatic heterocycles. The average molecular weight is 278 g/mol. The van der Waals surface area contributed by atoms with E-state index in [1.165, 1.54) is 5.12 Å². The van der Waals surface area contributed by atoms with Crippen molar-refractivity contribution in [3.05, 3.63) is 35.4 Å². The van der Waals surface area contributed by atoms with Crippen molar-refractivity contribution in [2.45, 2.75) is 39.8 Å². The van der Waals surface area contributed by atoms with Gasteiger partial charge in [-0.2, -0.15) is 0 Å². The Morgan fingerprint density at radius 1 is 1.00 bits per heavy atom. The van der Waals surface area contributed by atoms with Crippen LogP contribution in [0.1, 0.15) is 48.4 Å². The third kappa shape index (κ3) is 4.32. The summed E-state index contributed by atoms with van der Waals surface area (Å²) in [5.74, 6) is -0.968. The summed E-state index contributed by atoms with van der Waals surface area (Å²) in [6.45, 7) is 7.68. The highest BCUT2D eigenvalue weighted by atomic mass is 16.2. The van der Waals surface area contributed by atoms with Crippen LogP contribution in [0, 0.1) is 0 Å². The number of hydrogen-bond acceptors (Lipinski definition) is 4. The van der Waals surface area contributed by atoms with Gasteiger partial charge in [0.25, 0.3) is 5.91 Å². The van der Waals surface area contributed by atoms with Gasteiger partial charge in [0.1, 0.15) is 0 Å². The molecular formula is C14H22N4O2. The first-order chi connectivity index (χ1) is 9.32. The molecule has 0 fully saturated rings. The Labute approximate surface area is 119 Å². The van der Waals surface area contributed by atoms with E-state index in [0.29, 0.717) is 0 Å². The highest BCUT2D eigenvalue weighted by Crippen LogP contribution is 2.10. The summed E-state index contributed by atoms with van der Waals surface area (Å²) in [6.07, 6.45) is 0. The van der Waals surface area contributed by atoms with Crippen LogP contribution < -0.4 is 16.6 Å². The lowest BCUT2D eigenvalue weighted by Crippen LogP contribution is -2.56. The normalized spacial score (nSPS) is 10.9. The fourth-order valence-corrected chi connectivity index (χ4v) is 1.68. The number of primary amides is 1. The van der Waals surface area contributed by atoms with Crippen molar-refractivity contribution in [3.63, 3.8) is 0 Å². The molecule has 0 heterocycles. The maximum absolute atomic E-state index is 12.5. The smallest absolute Gasteiger partial charge is 0.283 e. The lowest BCUT2D eigenvalue weighted by atomic mass is 10.1. The molecular weight excluding hydrogens is 256 g/mol. The van der Waals surface area contributed by atoms with Crippen LogP contribution in [0.15, 0.2) is 24.3 Å². The zero-order valence-electron chi connectivity index (χ0n) is 12.3. The third-order valence-electron chi connectivity index (χ3n) is 2.40. The van der Waals surface area contributed by atoms with Gasteiger partial charge in [0.15, 0.2) is 0 Å². The molecule has 0 aliphatic rings. The van der Waals surface area contributed by atoms with E-state index in [9.17, 15) is 9.59 Å². The quantitative estimate of drug-likeness (QED) is 0.679. The van der Waals surface area contributed by atoms with E-state index < -0.39 is 5.91 Å². The summed E-state index contributed by atoms with van der Waals surface area (Å²) < 4.78 is 0. The number of carbonyl (C=O) groups is 2. The molecule has 1 rings (SSSR count). The van der Waals surface area contributed by atoms with Gasteiger partial charge in [0, 0.05) is 12.1 Å². The summed E-state index contributed by atoms with van der Waals surface area (Å²) in [5.41, 5.74) is 11.8. The molecule has 0 aromatic heterocycles. The van der Waals surface area contributed by atoms with Gasteiger partial charge < -0.3 is 5.73 Å². The third-order valence-corrected chi connectivity index (χ3v) is 2.40. The first kappa shape index (κ1) is 16.1. The van der Waals surface area contributed by atoms with Crippen molar-refractivity contribution in [1.29, 1.82) is 0 Å². The minimum atomic E-state index is -0.622. The first-order valence-electron chi connectivity index (χ1n) is 6.58. The van der Waals surface area contributed by atoms with E-state index >= 15 is 0 Å². The topological polar surface area (TPSA) is 87.5 Å². The van der Waals surface area contributed by atoms with Crippen molar-refractivity contribution >= 4 is 11.8 Å². The number of carbonyl (C=O) groups excluding carboxylic acids is 2. The van der Waals surface area contributed by atoms with E-state index in [2.05, 4.69) is 10.9 Å². The molecule has 1 aromatic rings. The van der Waals surface area contributed by atoms with E-state index in [-0.39, 0.29) is 29.1 Å². The Bertz CT molecular complexity index is 476. The lowest BCUT2D eigenvalue weighted by molar-refractivity contribution is 0.0429. The number of nitrogens with one attached hydrogen (secondary N) is 2. The molecule has 0 atom stereocenters. The molecule has 110 valence electrons. The molecule has 0 aliphatic carbocycles. The second kappa shape index (κ2) is 7.02. The molecule has 1 aromatic carbocycles.